The summed E-state index contributed by atoms with van der Waals surface area (Å²) in [5.74, 6) is -1.10. The topological polar surface area (TPSA) is 84.3 Å². The average molecular weight is 275 g/mol. The number of anilines is 1. The molecule has 2 aromatic rings. The zero-order valence-electron chi connectivity index (χ0n) is 11.5. The number of rotatable bonds is 6. The summed E-state index contributed by atoms with van der Waals surface area (Å²) >= 11 is 0. The Morgan fingerprint density at radius 3 is 2.80 bits per heavy atom. The lowest BCUT2D eigenvalue weighted by molar-refractivity contribution is 0.0689. The van der Waals surface area contributed by atoms with Gasteiger partial charge >= 0.3 is 5.97 Å². The minimum Gasteiger partial charge on any atom is -0.476 e. The number of ether oxygens (including phenoxy) is 1. The molecule has 0 saturated heterocycles. The van der Waals surface area contributed by atoms with Gasteiger partial charge in [0.05, 0.1) is 23.9 Å². The highest BCUT2D eigenvalue weighted by molar-refractivity contribution is 6.02. The van der Waals surface area contributed by atoms with E-state index in [9.17, 15) is 9.90 Å². The Bertz CT molecular complexity index is 614. The molecule has 1 aromatic heterocycles. The predicted molar refractivity (Wildman–Crippen MR) is 76.1 cm³/mol. The van der Waals surface area contributed by atoms with Crippen LogP contribution in [0.25, 0.3) is 10.9 Å². The molecule has 1 aromatic carbocycles. The van der Waals surface area contributed by atoms with Crippen LogP contribution in [0.1, 0.15) is 24.3 Å². The minimum atomic E-state index is -1.10. The highest BCUT2D eigenvalue weighted by Crippen LogP contribution is 2.23. The summed E-state index contributed by atoms with van der Waals surface area (Å²) in [5.41, 5.74) is 1.06. The van der Waals surface area contributed by atoms with Gasteiger partial charge in [-0.1, -0.05) is 18.2 Å². The summed E-state index contributed by atoms with van der Waals surface area (Å²) in [6, 6.07) is 7.29. The van der Waals surface area contributed by atoms with Gasteiger partial charge in [0.2, 0.25) is 0 Å². The number of aromatic nitrogens is 2. The van der Waals surface area contributed by atoms with Gasteiger partial charge in [-0.25, -0.2) is 4.79 Å². The van der Waals surface area contributed by atoms with Crippen LogP contribution in [0, 0.1) is 0 Å². The van der Waals surface area contributed by atoms with Gasteiger partial charge in [-0.2, -0.15) is 0 Å². The van der Waals surface area contributed by atoms with Crippen molar-refractivity contribution in [1.82, 2.24) is 10.2 Å². The van der Waals surface area contributed by atoms with Crippen molar-refractivity contribution in [2.45, 2.75) is 20.0 Å². The Kier molecular flexibility index (Phi) is 4.47. The SMILES string of the molecule is CC(C)OCCNc1c(C(=O)O)nnc2ccccc12. The number of hydrogen-bond acceptors (Lipinski definition) is 5. The minimum absolute atomic E-state index is 0.0757. The molecule has 0 radical (unpaired) electrons. The van der Waals surface area contributed by atoms with Crippen molar-refractivity contribution in [3.05, 3.63) is 30.0 Å². The average Bonchev–Trinajstić information content (AvgIpc) is 2.42. The van der Waals surface area contributed by atoms with Crippen molar-refractivity contribution in [2.24, 2.45) is 0 Å². The molecule has 6 heteroatoms. The van der Waals surface area contributed by atoms with Gasteiger partial charge in [0, 0.05) is 11.9 Å². The third-order valence-electron chi connectivity index (χ3n) is 2.73. The monoisotopic (exact) mass is 275 g/mol. The van der Waals surface area contributed by atoms with Gasteiger partial charge in [0.25, 0.3) is 0 Å². The van der Waals surface area contributed by atoms with E-state index < -0.39 is 5.97 Å². The van der Waals surface area contributed by atoms with E-state index in [0.717, 1.165) is 5.39 Å². The first kappa shape index (κ1) is 14.2. The fourth-order valence-corrected chi connectivity index (χ4v) is 1.85. The van der Waals surface area contributed by atoms with E-state index in [2.05, 4.69) is 15.5 Å². The van der Waals surface area contributed by atoms with Crippen molar-refractivity contribution in [1.29, 1.82) is 0 Å². The van der Waals surface area contributed by atoms with Crippen LogP contribution in [0.15, 0.2) is 24.3 Å². The van der Waals surface area contributed by atoms with Crippen molar-refractivity contribution in [3.8, 4) is 0 Å². The van der Waals surface area contributed by atoms with E-state index >= 15 is 0 Å². The number of aromatic carboxylic acids is 1. The molecule has 1 heterocycles. The van der Waals surface area contributed by atoms with Crippen molar-refractivity contribution >= 4 is 22.6 Å². The Labute approximate surface area is 116 Å². The summed E-state index contributed by atoms with van der Waals surface area (Å²) < 4.78 is 5.43. The number of carboxylic acid groups (broad SMARTS) is 1. The van der Waals surface area contributed by atoms with Crippen LogP contribution in [-0.4, -0.2) is 40.5 Å². The molecule has 0 aliphatic carbocycles. The number of fused-ring (bicyclic) bond motifs is 1. The molecule has 2 rings (SSSR count). The highest BCUT2D eigenvalue weighted by atomic mass is 16.5. The Hall–Kier alpha value is -2.21. The van der Waals surface area contributed by atoms with Crippen LogP contribution in [-0.2, 0) is 4.74 Å². The van der Waals surface area contributed by atoms with Gasteiger partial charge in [0.15, 0.2) is 5.69 Å². The number of benzene rings is 1. The molecule has 0 aliphatic rings. The van der Waals surface area contributed by atoms with E-state index in [4.69, 9.17) is 4.74 Å². The summed E-state index contributed by atoms with van der Waals surface area (Å²) in [5, 5.41) is 20.7. The molecule has 0 unspecified atom stereocenters. The zero-order chi connectivity index (χ0) is 14.5. The van der Waals surface area contributed by atoms with Gasteiger partial charge < -0.3 is 15.2 Å². The molecule has 2 N–H and O–H groups in total. The quantitative estimate of drug-likeness (QED) is 0.786. The van der Waals surface area contributed by atoms with Crippen LogP contribution in [0.2, 0.25) is 0 Å². The predicted octanol–water partition coefficient (Wildman–Crippen LogP) is 2.16. The molecule has 0 bridgehead atoms. The first-order valence-corrected chi connectivity index (χ1v) is 6.43. The van der Waals surface area contributed by atoms with Crippen molar-refractivity contribution in [2.75, 3.05) is 18.5 Å². The first-order chi connectivity index (χ1) is 9.59. The Balaban J connectivity index is 2.28. The molecule has 0 fully saturated rings. The maximum atomic E-state index is 11.2. The number of nitrogens with zero attached hydrogens (tertiary/aromatic N) is 2. The van der Waals surface area contributed by atoms with E-state index in [-0.39, 0.29) is 11.8 Å². The van der Waals surface area contributed by atoms with Crippen molar-refractivity contribution < 1.29 is 14.6 Å². The number of carboxylic acids is 1. The second-order valence-corrected chi connectivity index (χ2v) is 4.59. The van der Waals surface area contributed by atoms with Crippen LogP contribution in [0.3, 0.4) is 0 Å². The molecule has 0 spiro atoms. The van der Waals surface area contributed by atoms with Gasteiger partial charge in [-0.3, -0.25) is 0 Å². The zero-order valence-corrected chi connectivity index (χ0v) is 11.5. The van der Waals surface area contributed by atoms with E-state index in [1.54, 1.807) is 6.07 Å². The van der Waals surface area contributed by atoms with Gasteiger partial charge in [-0.15, -0.1) is 10.2 Å². The molecule has 0 atom stereocenters. The summed E-state index contributed by atoms with van der Waals surface area (Å²) in [6.07, 6.45) is 0.142. The third-order valence-corrected chi connectivity index (χ3v) is 2.73. The van der Waals surface area contributed by atoms with Crippen LogP contribution < -0.4 is 5.32 Å². The van der Waals surface area contributed by atoms with E-state index in [1.165, 1.54) is 0 Å². The highest BCUT2D eigenvalue weighted by Gasteiger charge is 2.16. The molecule has 0 aliphatic heterocycles. The lowest BCUT2D eigenvalue weighted by atomic mass is 10.1. The summed E-state index contributed by atoms with van der Waals surface area (Å²) in [4.78, 5) is 11.2. The second kappa shape index (κ2) is 6.29. The largest absolute Gasteiger partial charge is 0.476 e. The van der Waals surface area contributed by atoms with Crippen LogP contribution in [0.5, 0.6) is 0 Å². The number of carbonyl (C=O) groups is 1. The summed E-state index contributed by atoms with van der Waals surface area (Å²) in [7, 11) is 0. The number of hydrogen-bond donors (Lipinski definition) is 2. The third kappa shape index (κ3) is 3.21. The lowest BCUT2D eigenvalue weighted by Crippen LogP contribution is -2.16. The van der Waals surface area contributed by atoms with Crippen LogP contribution >= 0.6 is 0 Å². The van der Waals surface area contributed by atoms with E-state index in [1.807, 2.05) is 32.0 Å². The normalized spacial score (nSPS) is 10.9. The maximum Gasteiger partial charge on any atom is 0.358 e. The van der Waals surface area contributed by atoms with E-state index in [0.29, 0.717) is 24.4 Å². The first-order valence-electron chi connectivity index (χ1n) is 6.43. The molecule has 0 amide bonds. The molecular formula is C14H17N3O3. The molecule has 106 valence electrons. The smallest absolute Gasteiger partial charge is 0.358 e. The Morgan fingerprint density at radius 1 is 1.35 bits per heavy atom. The molecule has 6 nitrogen and oxygen atoms in total. The Morgan fingerprint density at radius 2 is 2.10 bits per heavy atom. The van der Waals surface area contributed by atoms with Gasteiger partial charge in [-0.05, 0) is 19.9 Å². The number of nitrogens with one attached hydrogen (secondary N) is 1. The van der Waals surface area contributed by atoms with Crippen molar-refractivity contribution in [3.63, 3.8) is 0 Å². The van der Waals surface area contributed by atoms with Gasteiger partial charge in [0.1, 0.15) is 0 Å². The maximum absolute atomic E-state index is 11.2. The summed E-state index contributed by atoms with van der Waals surface area (Å²) in [6.45, 7) is 4.90. The fourth-order valence-electron chi connectivity index (χ4n) is 1.85. The standard InChI is InChI=1S/C14H17N3O3/c1-9(2)20-8-7-15-12-10-5-3-4-6-11(10)16-17-13(12)14(18)19/h3-6,9H,7-8H2,1-2H3,(H,15,16)(H,18,19). The molecular weight excluding hydrogens is 258 g/mol. The van der Waals surface area contributed by atoms with Crippen LogP contribution in [0.4, 0.5) is 5.69 Å². The molecule has 0 saturated carbocycles. The fraction of sp³-hybridized carbons (Fsp3) is 0.357. The lowest BCUT2D eigenvalue weighted by Gasteiger charge is -2.12. The molecule has 20 heavy (non-hydrogen) atoms. The second-order valence-electron chi connectivity index (χ2n) is 4.59.